The van der Waals surface area contributed by atoms with Gasteiger partial charge in [0.05, 0.1) is 6.04 Å². The summed E-state index contributed by atoms with van der Waals surface area (Å²) in [7, 11) is 0. The number of thioether (sulfide) groups is 1. The van der Waals surface area contributed by atoms with Crippen molar-refractivity contribution in [3.63, 3.8) is 0 Å². The van der Waals surface area contributed by atoms with Gasteiger partial charge in [-0.3, -0.25) is 4.79 Å². The van der Waals surface area contributed by atoms with Crippen LogP contribution in [0.1, 0.15) is 18.5 Å². The van der Waals surface area contributed by atoms with Crippen molar-refractivity contribution in [3.05, 3.63) is 29.8 Å². The van der Waals surface area contributed by atoms with Crippen molar-refractivity contribution in [2.45, 2.75) is 23.9 Å². The maximum absolute atomic E-state index is 11.2. The van der Waals surface area contributed by atoms with Crippen LogP contribution in [-0.2, 0) is 4.79 Å². The van der Waals surface area contributed by atoms with Crippen molar-refractivity contribution in [3.8, 4) is 0 Å². The molecule has 1 heterocycles. The summed E-state index contributed by atoms with van der Waals surface area (Å²) in [6.45, 7) is 3.60. The highest BCUT2D eigenvalue weighted by molar-refractivity contribution is 7.99. The Morgan fingerprint density at radius 3 is 2.61 bits per heavy atom. The number of carboxylic acids is 1. The van der Waals surface area contributed by atoms with E-state index in [4.69, 9.17) is 0 Å². The zero-order chi connectivity index (χ0) is 13.0. The molecule has 0 radical (unpaired) electrons. The van der Waals surface area contributed by atoms with E-state index in [2.05, 4.69) is 29.7 Å². The molecule has 4 nitrogen and oxygen atoms in total. The minimum absolute atomic E-state index is 0.156. The first-order valence-corrected chi connectivity index (χ1v) is 7.13. The van der Waals surface area contributed by atoms with Gasteiger partial charge in [0.1, 0.15) is 6.04 Å². The van der Waals surface area contributed by atoms with Crippen LogP contribution in [0.25, 0.3) is 0 Å². The normalized spacial score (nSPS) is 23.8. The average Bonchev–Trinajstić information content (AvgIpc) is 2.40. The number of benzene rings is 1. The van der Waals surface area contributed by atoms with Crippen molar-refractivity contribution in [2.24, 2.45) is 0 Å². The van der Waals surface area contributed by atoms with Crippen molar-refractivity contribution >= 4 is 17.7 Å². The molecular formula is C13H18N2O2S. The van der Waals surface area contributed by atoms with Crippen LogP contribution in [0.15, 0.2) is 29.2 Å². The third kappa shape index (κ3) is 3.04. The van der Waals surface area contributed by atoms with Gasteiger partial charge < -0.3 is 15.7 Å². The Morgan fingerprint density at radius 2 is 2.00 bits per heavy atom. The fourth-order valence-corrected chi connectivity index (χ4v) is 2.83. The second-order valence-corrected chi connectivity index (χ2v) is 5.54. The summed E-state index contributed by atoms with van der Waals surface area (Å²) in [6.07, 6.45) is 0. The third-order valence-corrected chi connectivity index (χ3v) is 3.90. The molecule has 0 aromatic heterocycles. The number of piperazine rings is 1. The number of carbonyl (C=O) groups is 1. The Labute approximate surface area is 111 Å². The van der Waals surface area contributed by atoms with E-state index in [1.165, 1.54) is 4.90 Å². The van der Waals surface area contributed by atoms with Gasteiger partial charge in [0, 0.05) is 18.0 Å². The molecule has 0 aliphatic carbocycles. The molecule has 3 N–H and O–H groups in total. The SMILES string of the molecule is CCSc1ccc(C2NCCNC2C(=O)O)cc1. The molecule has 1 aromatic carbocycles. The van der Waals surface area contributed by atoms with E-state index in [1.807, 2.05) is 12.1 Å². The summed E-state index contributed by atoms with van der Waals surface area (Å²) in [5.74, 6) is 0.236. The van der Waals surface area contributed by atoms with Gasteiger partial charge in [0.2, 0.25) is 0 Å². The Balaban J connectivity index is 2.15. The van der Waals surface area contributed by atoms with Gasteiger partial charge in [-0.1, -0.05) is 19.1 Å². The smallest absolute Gasteiger partial charge is 0.322 e. The first-order valence-electron chi connectivity index (χ1n) is 6.14. The lowest BCUT2D eigenvalue weighted by atomic mass is 9.97. The molecule has 1 saturated heterocycles. The molecule has 0 spiro atoms. The molecule has 98 valence electrons. The number of aliphatic carboxylic acids is 1. The zero-order valence-corrected chi connectivity index (χ0v) is 11.2. The summed E-state index contributed by atoms with van der Waals surface area (Å²) >= 11 is 1.79. The molecule has 1 fully saturated rings. The summed E-state index contributed by atoms with van der Waals surface area (Å²) in [6, 6.07) is 7.43. The summed E-state index contributed by atoms with van der Waals surface area (Å²) in [5.41, 5.74) is 1.02. The van der Waals surface area contributed by atoms with Gasteiger partial charge in [0.15, 0.2) is 0 Å². The molecular weight excluding hydrogens is 248 g/mol. The number of hydrogen-bond acceptors (Lipinski definition) is 4. The summed E-state index contributed by atoms with van der Waals surface area (Å²) < 4.78 is 0. The zero-order valence-electron chi connectivity index (χ0n) is 10.3. The fourth-order valence-electron chi connectivity index (χ4n) is 2.17. The van der Waals surface area contributed by atoms with E-state index in [0.29, 0.717) is 6.54 Å². The lowest BCUT2D eigenvalue weighted by molar-refractivity contribution is -0.140. The Hall–Kier alpha value is -1.04. The second-order valence-electron chi connectivity index (χ2n) is 4.20. The van der Waals surface area contributed by atoms with Gasteiger partial charge in [-0.2, -0.15) is 0 Å². The number of hydrogen-bond donors (Lipinski definition) is 3. The summed E-state index contributed by atoms with van der Waals surface area (Å²) in [4.78, 5) is 12.4. The van der Waals surface area contributed by atoms with Gasteiger partial charge in [-0.25, -0.2) is 0 Å². The summed E-state index contributed by atoms with van der Waals surface area (Å²) in [5, 5.41) is 15.5. The monoisotopic (exact) mass is 266 g/mol. The molecule has 2 rings (SSSR count). The highest BCUT2D eigenvalue weighted by atomic mass is 32.2. The minimum Gasteiger partial charge on any atom is -0.480 e. The molecule has 5 heteroatoms. The van der Waals surface area contributed by atoms with E-state index in [-0.39, 0.29) is 6.04 Å². The molecule has 18 heavy (non-hydrogen) atoms. The van der Waals surface area contributed by atoms with Crippen LogP contribution in [0, 0.1) is 0 Å². The van der Waals surface area contributed by atoms with Crippen LogP contribution < -0.4 is 10.6 Å². The number of nitrogens with one attached hydrogen (secondary N) is 2. The van der Waals surface area contributed by atoms with Crippen LogP contribution >= 0.6 is 11.8 Å². The van der Waals surface area contributed by atoms with Crippen molar-refractivity contribution in [2.75, 3.05) is 18.8 Å². The predicted octanol–water partition coefficient (Wildman–Crippen LogP) is 1.49. The van der Waals surface area contributed by atoms with Gasteiger partial charge in [0.25, 0.3) is 0 Å². The molecule has 0 saturated carbocycles. The quantitative estimate of drug-likeness (QED) is 0.721. The van der Waals surface area contributed by atoms with Crippen molar-refractivity contribution in [1.82, 2.24) is 10.6 Å². The molecule has 1 aliphatic rings. The largest absolute Gasteiger partial charge is 0.480 e. The lowest BCUT2D eigenvalue weighted by Crippen LogP contribution is -2.54. The molecule has 1 aliphatic heterocycles. The van der Waals surface area contributed by atoms with Gasteiger partial charge in [-0.05, 0) is 23.4 Å². The number of rotatable bonds is 4. The van der Waals surface area contributed by atoms with E-state index in [1.54, 1.807) is 11.8 Å². The van der Waals surface area contributed by atoms with Crippen molar-refractivity contribution in [1.29, 1.82) is 0 Å². The van der Waals surface area contributed by atoms with Crippen LogP contribution in [0.3, 0.4) is 0 Å². The highest BCUT2D eigenvalue weighted by Crippen LogP contribution is 2.23. The van der Waals surface area contributed by atoms with Crippen LogP contribution in [0.5, 0.6) is 0 Å². The second kappa shape index (κ2) is 6.22. The fraction of sp³-hybridized carbons (Fsp3) is 0.462. The van der Waals surface area contributed by atoms with Gasteiger partial charge in [-0.15, -0.1) is 11.8 Å². The van der Waals surface area contributed by atoms with Crippen LogP contribution in [0.4, 0.5) is 0 Å². The molecule has 0 bridgehead atoms. The van der Waals surface area contributed by atoms with Crippen LogP contribution in [-0.4, -0.2) is 36.0 Å². The predicted molar refractivity (Wildman–Crippen MR) is 73.0 cm³/mol. The maximum Gasteiger partial charge on any atom is 0.322 e. The molecule has 2 atom stereocenters. The molecule has 1 aromatic rings. The first kappa shape index (κ1) is 13.4. The Morgan fingerprint density at radius 1 is 1.33 bits per heavy atom. The van der Waals surface area contributed by atoms with Crippen LogP contribution in [0.2, 0.25) is 0 Å². The Kier molecular flexibility index (Phi) is 4.63. The molecule has 2 unspecified atom stereocenters. The lowest BCUT2D eigenvalue weighted by Gasteiger charge is -2.31. The number of carboxylic acid groups (broad SMARTS) is 1. The first-order chi connectivity index (χ1) is 8.72. The minimum atomic E-state index is -0.806. The van der Waals surface area contributed by atoms with E-state index in [0.717, 1.165) is 17.9 Å². The topological polar surface area (TPSA) is 61.4 Å². The molecule has 0 amide bonds. The van der Waals surface area contributed by atoms with E-state index in [9.17, 15) is 9.90 Å². The van der Waals surface area contributed by atoms with E-state index < -0.39 is 12.0 Å². The third-order valence-electron chi connectivity index (χ3n) is 3.00. The van der Waals surface area contributed by atoms with E-state index >= 15 is 0 Å². The highest BCUT2D eigenvalue weighted by Gasteiger charge is 2.31. The standard InChI is InChI=1S/C13H18N2O2S/c1-2-18-10-5-3-9(4-6-10)11-12(13(16)17)15-8-7-14-11/h3-6,11-12,14-15H,2,7-8H2,1H3,(H,16,17). The Bertz CT molecular complexity index is 408. The maximum atomic E-state index is 11.2. The van der Waals surface area contributed by atoms with Crippen molar-refractivity contribution < 1.29 is 9.90 Å². The van der Waals surface area contributed by atoms with Gasteiger partial charge >= 0.3 is 5.97 Å². The average molecular weight is 266 g/mol.